The molecule has 1 aromatic heterocycles. The lowest BCUT2D eigenvalue weighted by molar-refractivity contribution is -0.141. The number of aromatic nitrogens is 2. The Morgan fingerprint density at radius 1 is 1.32 bits per heavy atom. The molecule has 22 heavy (non-hydrogen) atoms. The summed E-state index contributed by atoms with van der Waals surface area (Å²) in [6.07, 6.45) is 0. The number of carbonyl (C=O) groups excluding carboxylic acids is 2. The number of hydrogen-bond donors (Lipinski definition) is 1. The number of benzene rings is 1. The Kier molecular flexibility index (Phi) is 3.86. The fraction of sp³-hybridized carbons (Fsp3) is 0.333. The summed E-state index contributed by atoms with van der Waals surface area (Å²) in [6.45, 7) is 2.63. The highest BCUT2D eigenvalue weighted by Gasteiger charge is 2.33. The molecule has 0 saturated carbocycles. The van der Waals surface area contributed by atoms with Crippen LogP contribution in [0.25, 0.3) is 11.4 Å². The Hall–Kier alpha value is -2.70. The number of nitrogens with one attached hydrogen (secondary N) is 1. The summed E-state index contributed by atoms with van der Waals surface area (Å²) in [5.74, 6) is 0.594. The molecule has 1 fully saturated rings. The van der Waals surface area contributed by atoms with Gasteiger partial charge in [-0.15, -0.1) is 0 Å². The minimum atomic E-state index is -0.152. The van der Waals surface area contributed by atoms with Crippen molar-refractivity contribution in [2.24, 2.45) is 5.92 Å². The first-order valence-corrected chi connectivity index (χ1v) is 7.04. The molecule has 0 spiro atoms. The zero-order valence-electron chi connectivity index (χ0n) is 12.2. The predicted molar refractivity (Wildman–Crippen MR) is 77.3 cm³/mol. The van der Waals surface area contributed by atoms with Crippen LogP contribution in [0.5, 0.6) is 0 Å². The molecule has 7 nitrogen and oxygen atoms in total. The van der Waals surface area contributed by atoms with Crippen molar-refractivity contribution in [3.05, 3.63) is 36.2 Å². The molecule has 0 bridgehead atoms. The van der Waals surface area contributed by atoms with E-state index in [0.717, 1.165) is 5.56 Å². The zero-order valence-corrected chi connectivity index (χ0v) is 12.2. The van der Waals surface area contributed by atoms with Crippen LogP contribution in [0.3, 0.4) is 0 Å². The summed E-state index contributed by atoms with van der Waals surface area (Å²) in [5, 5.41) is 6.64. The van der Waals surface area contributed by atoms with Crippen molar-refractivity contribution in [1.82, 2.24) is 20.4 Å². The third-order valence-corrected chi connectivity index (χ3v) is 3.61. The molecule has 0 aliphatic carbocycles. The van der Waals surface area contributed by atoms with E-state index < -0.39 is 0 Å². The normalized spacial score (nSPS) is 14.5. The summed E-state index contributed by atoms with van der Waals surface area (Å²) in [7, 11) is 0. The van der Waals surface area contributed by atoms with E-state index in [4.69, 9.17) is 4.52 Å². The molecule has 2 heterocycles. The molecule has 0 atom stereocenters. The molecule has 1 aromatic carbocycles. The SMILES string of the molecule is CC(=O)N1CC(C(=O)NCc2nc(-c3ccccc3)no2)C1. The lowest BCUT2D eigenvalue weighted by Crippen LogP contribution is -2.55. The molecule has 0 unspecified atom stereocenters. The van der Waals surface area contributed by atoms with Crippen LogP contribution in [0, 0.1) is 5.92 Å². The van der Waals surface area contributed by atoms with E-state index in [1.165, 1.54) is 6.92 Å². The fourth-order valence-electron chi connectivity index (χ4n) is 2.24. The number of carbonyl (C=O) groups is 2. The van der Waals surface area contributed by atoms with Crippen LogP contribution in [0.2, 0.25) is 0 Å². The fourth-order valence-corrected chi connectivity index (χ4v) is 2.24. The minimum Gasteiger partial charge on any atom is -0.347 e. The number of likely N-dealkylation sites (tertiary alicyclic amines) is 1. The lowest BCUT2D eigenvalue weighted by atomic mass is 9.99. The summed E-state index contributed by atoms with van der Waals surface area (Å²) in [6, 6.07) is 9.47. The molecule has 7 heteroatoms. The van der Waals surface area contributed by atoms with Crippen molar-refractivity contribution >= 4 is 11.8 Å². The largest absolute Gasteiger partial charge is 0.347 e. The molecule has 1 N–H and O–H groups in total. The quantitative estimate of drug-likeness (QED) is 0.903. The Morgan fingerprint density at radius 3 is 2.73 bits per heavy atom. The van der Waals surface area contributed by atoms with E-state index in [1.54, 1.807) is 4.90 Å². The van der Waals surface area contributed by atoms with E-state index in [2.05, 4.69) is 15.5 Å². The van der Waals surface area contributed by atoms with E-state index in [9.17, 15) is 9.59 Å². The maximum absolute atomic E-state index is 11.9. The van der Waals surface area contributed by atoms with Gasteiger partial charge in [0.2, 0.25) is 23.5 Å². The Labute approximate surface area is 127 Å². The molecule has 1 saturated heterocycles. The van der Waals surface area contributed by atoms with Gasteiger partial charge in [-0.2, -0.15) is 4.98 Å². The smallest absolute Gasteiger partial charge is 0.246 e. The third-order valence-electron chi connectivity index (χ3n) is 3.61. The van der Waals surface area contributed by atoms with Gasteiger partial charge in [-0.1, -0.05) is 35.5 Å². The van der Waals surface area contributed by atoms with Gasteiger partial charge >= 0.3 is 0 Å². The van der Waals surface area contributed by atoms with Crippen LogP contribution in [0.15, 0.2) is 34.9 Å². The van der Waals surface area contributed by atoms with Crippen LogP contribution in [0.4, 0.5) is 0 Å². The van der Waals surface area contributed by atoms with E-state index in [0.29, 0.717) is 24.8 Å². The van der Waals surface area contributed by atoms with Crippen LogP contribution in [0.1, 0.15) is 12.8 Å². The van der Waals surface area contributed by atoms with Crippen LogP contribution in [-0.4, -0.2) is 39.9 Å². The number of hydrogen-bond acceptors (Lipinski definition) is 5. The average molecular weight is 300 g/mol. The monoisotopic (exact) mass is 300 g/mol. The van der Waals surface area contributed by atoms with Gasteiger partial charge in [-0.25, -0.2) is 0 Å². The van der Waals surface area contributed by atoms with E-state index in [-0.39, 0.29) is 24.3 Å². The maximum atomic E-state index is 11.9. The second kappa shape index (κ2) is 5.97. The molecule has 2 amide bonds. The van der Waals surface area contributed by atoms with E-state index in [1.807, 2.05) is 30.3 Å². The highest BCUT2D eigenvalue weighted by atomic mass is 16.5. The molecule has 3 rings (SSSR count). The summed E-state index contributed by atoms with van der Waals surface area (Å²) in [4.78, 5) is 28.8. The van der Waals surface area contributed by atoms with Crippen molar-refractivity contribution in [3.63, 3.8) is 0 Å². The Morgan fingerprint density at radius 2 is 2.05 bits per heavy atom. The maximum Gasteiger partial charge on any atom is 0.246 e. The van der Waals surface area contributed by atoms with Gasteiger partial charge in [0.25, 0.3) is 0 Å². The minimum absolute atomic E-state index is 0.00606. The van der Waals surface area contributed by atoms with Gasteiger partial charge in [0.05, 0.1) is 12.5 Å². The molecular formula is C15H16N4O3. The van der Waals surface area contributed by atoms with Crippen LogP contribution in [-0.2, 0) is 16.1 Å². The standard InChI is InChI=1S/C15H16N4O3/c1-10(20)19-8-12(9-19)15(21)16-7-13-17-14(18-22-13)11-5-3-2-4-6-11/h2-6,12H,7-9H2,1H3,(H,16,21). The molecule has 114 valence electrons. The molecular weight excluding hydrogens is 284 g/mol. The third kappa shape index (κ3) is 2.98. The second-order valence-corrected chi connectivity index (χ2v) is 5.22. The average Bonchev–Trinajstić information content (AvgIpc) is 2.93. The number of nitrogens with zero attached hydrogens (tertiary/aromatic N) is 3. The molecule has 2 aromatic rings. The van der Waals surface area contributed by atoms with Crippen molar-refractivity contribution in [2.45, 2.75) is 13.5 Å². The van der Waals surface area contributed by atoms with Crippen molar-refractivity contribution in [1.29, 1.82) is 0 Å². The van der Waals surface area contributed by atoms with Gasteiger partial charge in [-0.05, 0) is 0 Å². The first-order valence-electron chi connectivity index (χ1n) is 7.04. The molecule has 1 aliphatic rings. The van der Waals surface area contributed by atoms with Crippen molar-refractivity contribution < 1.29 is 14.1 Å². The second-order valence-electron chi connectivity index (χ2n) is 5.22. The van der Waals surface area contributed by atoms with Crippen LogP contribution >= 0.6 is 0 Å². The van der Waals surface area contributed by atoms with Crippen molar-refractivity contribution in [3.8, 4) is 11.4 Å². The van der Waals surface area contributed by atoms with Gasteiger partial charge < -0.3 is 14.7 Å². The number of rotatable bonds is 4. The molecule has 0 radical (unpaired) electrons. The highest BCUT2D eigenvalue weighted by Crippen LogP contribution is 2.16. The predicted octanol–water partition coefficient (Wildman–Crippen LogP) is 0.831. The summed E-state index contributed by atoms with van der Waals surface area (Å²) < 4.78 is 5.12. The van der Waals surface area contributed by atoms with Gasteiger partial charge in [0, 0.05) is 25.6 Å². The van der Waals surface area contributed by atoms with Crippen LogP contribution < -0.4 is 5.32 Å². The van der Waals surface area contributed by atoms with Gasteiger partial charge in [0.1, 0.15) is 0 Å². The first-order chi connectivity index (χ1) is 10.6. The topological polar surface area (TPSA) is 88.3 Å². The first kappa shape index (κ1) is 14.2. The van der Waals surface area contributed by atoms with Gasteiger partial charge in [-0.3, -0.25) is 9.59 Å². The van der Waals surface area contributed by atoms with Gasteiger partial charge in [0.15, 0.2) is 0 Å². The summed E-state index contributed by atoms with van der Waals surface area (Å²) >= 11 is 0. The lowest BCUT2D eigenvalue weighted by Gasteiger charge is -2.37. The van der Waals surface area contributed by atoms with E-state index >= 15 is 0 Å². The Bertz CT molecular complexity index is 677. The zero-order chi connectivity index (χ0) is 15.5. The highest BCUT2D eigenvalue weighted by molar-refractivity contribution is 5.83. The summed E-state index contributed by atoms with van der Waals surface area (Å²) in [5.41, 5.74) is 0.861. The molecule has 1 aliphatic heterocycles. The van der Waals surface area contributed by atoms with Crippen molar-refractivity contribution in [2.75, 3.05) is 13.1 Å². The Balaban J connectivity index is 1.51. The number of amides is 2.